The summed E-state index contributed by atoms with van der Waals surface area (Å²) < 4.78 is 0. The Kier molecular flexibility index (Phi) is 3.13. The summed E-state index contributed by atoms with van der Waals surface area (Å²) in [6.07, 6.45) is 4.43. The second kappa shape index (κ2) is 4.77. The number of halogens is 1. The standard InChI is InChI=1S/C15H17ClN2/c1-11-5-8-18(9-6-11)15-4-7-17-14-3-2-12(16)10-13(14)15/h2-4,7,10-11H,5-6,8-9H2,1H3. The van der Waals surface area contributed by atoms with Gasteiger partial charge in [-0.3, -0.25) is 4.98 Å². The molecule has 0 atom stereocenters. The van der Waals surface area contributed by atoms with Crippen molar-refractivity contribution in [1.82, 2.24) is 4.98 Å². The molecule has 2 heterocycles. The minimum atomic E-state index is 0.780. The third-order valence-electron chi connectivity index (χ3n) is 3.80. The highest BCUT2D eigenvalue weighted by molar-refractivity contribution is 6.31. The molecule has 0 aliphatic carbocycles. The fourth-order valence-corrected chi connectivity index (χ4v) is 2.80. The molecule has 1 aliphatic heterocycles. The maximum absolute atomic E-state index is 6.11. The first-order chi connectivity index (χ1) is 8.74. The average Bonchev–Trinajstić information content (AvgIpc) is 2.39. The van der Waals surface area contributed by atoms with Crippen LogP contribution in [0.3, 0.4) is 0 Å². The summed E-state index contributed by atoms with van der Waals surface area (Å²) in [4.78, 5) is 6.87. The summed E-state index contributed by atoms with van der Waals surface area (Å²) in [7, 11) is 0. The van der Waals surface area contributed by atoms with E-state index in [1.807, 2.05) is 24.4 Å². The lowest BCUT2D eigenvalue weighted by Crippen LogP contribution is -2.32. The van der Waals surface area contributed by atoms with Crippen molar-refractivity contribution in [3.8, 4) is 0 Å². The van der Waals surface area contributed by atoms with Crippen LogP contribution in [-0.2, 0) is 0 Å². The third kappa shape index (κ3) is 2.17. The number of aromatic nitrogens is 1. The molecule has 1 fully saturated rings. The van der Waals surface area contributed by atoms with E-state index in [0.717, 1.165) is 29.5 Å². The fraction of sp³-hybridized carbons (Fsp3) is 0.400. The summed E-state index contributed by atoms with van der Waals surface area (Å²) in [5.41, 5.74) is 2.30. The Balaban J connectivity index is 2.03. The first-order valence-electron chi connectivity index (χ1n) is 6.53. The Labute approximate surface area is 113 Å². The molecule has 1 aromatic heterocycles. The molecule has 0 bridgehead atoms. The van der Waals surface area contributed by atoms with Crippen molar-refractivity contribution < 1.29 is 0 Å². The molecule has 0 spiro atoms. The monoisotopic (exact) mass is 260 g/mol. The van der Waals surface area contributed by atoms with Crippen LogP contribution in [0.25, 0.3) is 10.9 Å². The van der Waals surface area contributed by atoms with Gasteiger partial charge in [0.2, 0.25) is 0 Å². The molecule has 3 heteroatoms. The van der Waals surface area contributed by atoms with Crippen LogP contribution in [0.4, 0.5) is 5.69 Å². The highest BCUT2D eigenvalue weighted by atomic mass is 35.5. The van der Waals surface area contributed by atoms with Gasteiger partial charge in [0.1, 0.15) is 0 Å². The molecule has 1 aliphatic rings. The summed E-state index contributed by atoms with van der Waals surface area (Å²) in [6, 6.07) is 8.03. The van der Waals surface area contributed by atoms with Crippen LogP contribution in [0.2, 0.25) is 5.02 Å². The van der Waals surface area contributed by atoms with Crippen molar-refractivity contribution in [3.05, 3.63) is 35.5 Å². The number of rotatable bonds is 1. The molecular formula is C15H17ClN2. The lowest BCUT2D eigenvalue weighted by Gasteiger charge is -2.32. The average molecular weight is 261 g/mol. The molecular weight excluding hydrogens is 244 g/mol. The zero-order chi connectivity index (χ0) is 12.5. The SMILES string of the molecule is CC1CCN(c2ccnc3ccc(Cl)cc23)CC1. The molecule has 2 aromatic rings. The number of benzene rings is 1. The van der Waals surface area contributed by atoms with Gasteiger partial charge in [0, 0.05) is 35.4 Å². The van der Waals surface area contributed by atoms with E-state index in [1.54, 1.807) is 0 Å². The molecule has 1 aromatic carbocycles. The lowest BCUT2D eigenvalue weighted by atomic mass is 9.98. The van der Waals surface area contributed by atoms with Crippen LogP contribution in [-0.4, -0.2) is 18.1 Å². The second-order valence-electron chi connectivity index (χ2n) is 5.16. The van der Waals surface area contributed by atoms with Crippen LogP contribution in [0.5, 0.6) is 0 Å². The van der Waals surface area contributed by atoms with Gasteiger partial charge < -0.3 is 4.90 Å². The lowest BCUT2D eigenvalue weighted by molar-refractivity contribution is 0.439. The number of hydrogen-bond acceptors (Lipinski definition) is 2. The molecule has 0 radical (unpaired) electrons. The largest absolute Gasteiger partial charge is 0.371 e. The maximum atomic E-state index is 6.11. The van der Waals surface area contributed by atoms with Gasteiger partial charge in [0.15, 0.2) is 0 Å². The van der Waals surface area contributed by atoms with Crippen molar-refractivity contribution in [3.63, 3.8) is 0 Å². The van der Waals surface area contributed by atoms with E-state index in [2.05, 4.69) is 22.9 Å². The van der Waals surface area contributed by atoms with Gasteiger partial charge in [-0.15, -0.1) is 0 Å². The van der Waals surface area contributed by atoms with Gasteiger partial charge in [-0.1, -0.05) is 18.5 Å². The van der Waals surface area contributed by atoms with Gasteiger partial charge >= 0.3 is 0 Å². The summed E-state index contributed by atoms with van der Waals surface area (Å²) in [5.74, 6) is 0.845. The fourth-order valence-electron chi connectivity index (χ4n) is 2.63. The Hall–Kier alpha value is -1.28. The van der Waals surface area contributed by atoms with E-state index < -0.39 is 0 Å². The number of hydrogen-bond donors (Lipinski definition) is 0. The van der Waals surface area contributed by atoms with Gasteiger partial charge in [0.25, 0.3) is 0 Å². The van der Waals surface area contributed by atoms with E-state index in [-0.39, 0.29) is 0 Å². The molecule has 2 nitrogen and oxygen atoms in total. The predicted octanol–water partition coefficient (Wildman–Crippen LogP) is 4.12. The van der Waals surface area contributed by atoms with Crippen molar-refractivity contribution in [2.24, 2.45) is 5.92 Å². The van der Waals surface area contributed by atoms with Gasteiger partial charge in [-0.2, -0.15) is 0 Å². The molecule has 0 N–H and O–H groups in total. The number of piperidine rings is 1. The third-order valence-corrected chi connectivity index (χ3v) is 4.04. The first-order valence-corrected chi connectivity index (χ1v) is 6.91. The Morgan fingerprint density at radius 1 is 1.22 bits per heavy atom. The van der Waals surface area contributed by atoms with Crippen molar-refractivity contribution >= 4 is 28.2 Å². The first kappa shape index (κ1) is 11.8. The second-order valence-corrected chi connectivity index (χ2v) is 5.60. The van der Waals surface area contributed by atoms with Gasteiger partial charge in [0.05, 0.1) is 5.52 Å². The zero-order valence-corrected chi connectivity index (χ0v) is 11.3. The van der Waals surface area contributed by atoms with Crippen LogP contribution in [0.15, 0.2) is 30.5 Å². The number of anilines is 1. The minimum absolute atomic E-state index is 0.780. The molecule has 94 valence electrons. The predicted molar refractivity (Wildman–Crippen MR) is 77.4 cm³/mol. The highest BCUT2D eigenvalue weighted by Crippen LogP contribution is 2.30. The molecule has 1 saturated heterocycles. The van der Waals surface area contributed by atoms with E-state index >= 15 is 0 Å². The Morgan fingerprint density at radius 3 is 2.78 bits per heavy atom. The zero-order valence-electron chi connectivity index (χ0n) is 10.6. The number of fused-ring (bicyclic) bond motifs is 1. The van der Waals surface area contributed by atoms with Crippen molar-refractivity contribution in [2.75, 3.05) is 18.0 Å². The number of pyridine rings is 1. The van der Waals surface area contributed by atoms with Crippen molar-refractivity contribution in [2.45, 2.75) is 19.8 Å². The topological polar surface area (TPSA) is 16.1 Å². The van der Waals surface area contributed by atoms with Crippen molar-refractivity contribution in [1.29, 1.82) is 0 Å². The van der Waals surface area contributed by atoms with Crippen LogP contribution < -0.4 is 4.90 Å². The molecule has 0 amide bonds. The van der Waals surface area contributed by atoms with Crippen LogP contribution >= 0.6 is 11.6 Å². The molecule has 0 unspecified atom stereocenters. The van der Waals surface area contributed by atoms with Crippen LogP contribution in [0.1, 0.15) is 19.8 Å². The number of nitrogens with zero attached hydrogens (tertiary/aromatic N) is 2. The summed E-state index contributed by atoms with van der Waals surface area (Å²) >= 11 is 6.11. The maximum Gasteiger partial charge on any atom is 0.0723 e. The summed E-state index contributed by atoms with van der Waals surface area (Å²) in [5, 5.41) is 1.95. The molecule has 0 saturated carbocycles. The Bertz CT molecular complexity index is 559. The molecule has 18 heavy (non-hydrogen) atoms. The van der Waals surface area contributed by atoms with Gasteiger partial charge in [-0.25, -0.2) is 0 Å². The van der Waals surface area contributed by atoms with E-state index in [0.29, 0.717) is 0 Å². The van der Waals surface area contributed by atoms with Crippen LogP contribution in [0, 0.1) is 5.92 Å². The Morgan fingerprint density at radius 2 is 2.00 bits per heavy atom. The quantitative estimate of drug-likeness (QED) is 0.767. The van der Waals surface area contributed by atoms with Gasteiger partial charge in [-0.05, 0) is 43.0 Å². The minimum Gasteiger partial charge on any atom is -0.371 e. The van der Waals surface area contributed by atoms with E-state index in [9.17, 15) is 0 Å². The van der Waals surface area contributed by atoms with E-state index in [1.165, 1.54) is 23.9 Å². The summed E-state index contributed by atoms with van der Waals surface area (Å²) in [6.45, 7) is 4.60. The smallest absolute Gasteiger partial charge is 0.0723 e. The normalized spacial score (nSPS) is 17.3. The highest BCUT2D eigenvalue weighted by Gasteiger charge is 2.17. The molecule has 3 rings (SSSR count). The van der Waals surface area contributed by atoms with E-state index in [4.69, 9.17) is 11.6 Å².